The van der Waals surface area contributed by atoms with E-state index in [0.29, 0.717) is 12.6 Å². The Labute approximate surface area is 177 Å². The number of amides is 1. The van der Waals surface area contributed by atoms with Gasteiger partial charge in [0, 0.05) is 69.5 Å². The van der Waals surface area contributed by atoms with Gasteiger partial charge in [-0.15, -0.1) is 11.3 Å². The predicted octanol–water partition coefficient (Wildman–Crippen LogP) is 1.72. The average molecular weight is 424 g/mol. The molecule has 0 radical (unpaired) electrons. The minimum Gasteiger partial charge on any atom is -0.450 e. The van der Waals surface area contributed by atoms with Crippen LogP contribution in [0.1, 0.15) is 24.6 Å². The van der Waals surface area contributed by atoms with Crippen LogP contribution >= 0.6 is 11.3 Å². The lowest BCUT2D eigenvalue weighted by molar-refractivity contribution is 0.0414. The second-order valence-electron chi connectivity index (χ2n) is 7.96. The summed E-state index contributed by atoms with van der Waals surface area (Å²) in [7, 11) is 0. The number of nitrogens with zero attached hydrogens (tertiary/aromatic N) is 5. The molecule has 29 heavy (non-hydrogen) atoms. The van der Waals surface area contributed by atoms with E-state index in [1.165, 1.54) is 17.7 Å². The first-order valence-corrected chi connectivity index (χ1v) is 11.7. The molecule has 4 heterocycles. The summed E-state index contributed by atoms with van der Waals surface area (Å²) in [6, 6.07) is 0.583. The summed E-state index contributed by atoms with van der Waals surface area (Å²) < 4.78 is 10.6. The van der Waals surface area contributed by atoms with Gasteiger partial charge in [-0.25, -0.2) is 9.78 Å². The first-order chi connectivity index (χ1) is 14.2. The molecule has 0 saturated carbocycles. The molecule has 3 aliphatic rings. The Morgan fingerprint density at radius 1 is 1.21 bits per heavy atom. The lowest BCUT2D eigenvalue weighted by Crippen LogP contribution is -2.55. The minimum atomic E-state index is -0.168. The Morgan fingerprint density at radius 2 is 2.00 bits per heavy atom. The number of anilines is 1. The Morgan fingerprint density at radius 3 is 2.76 bits per heavy atom. The highest BCUT2D eigenvalue weighted by molar-refractivity contribution is 7.15. The molecule has 1 aromatic rings. The smallest absolute Gasteiger partial charge is 0.409 e. The zero-order valence-corrected chi connectivity index (χ0v) is 18.2. The topological polar surface area (TPSA) is 61.4 Å². The van der Waals surface area contributed by atoms with E-state index in [4.69, 9.17) is 9.47 Å². The number of rotatable bonds is 5. The lowest BCUT2D eigenvalue weighted by Gasteiger charge is -2.43. The van der Waals surface area contributed by atoms with Crippen LogP contribution < -0.4 is 4.90 Å². The fraction of sp³-hybridized carbons (Fsp3) is 0.800. The molecule has 0 spiro atoms. The summed E-state index contributed by atoms with van der Waals surface area (Å²) in [6.07, 6.45) is 4.37. The van der Waals surface area contributed by atoms with E-state index < -0.39 is 0 Å². The predicted molar refractivity (Wildman–Crippen MR) is 114 cm³/mol. The molecule has 8 nitrogen and oxygen atoms in total. The van der Waals surface area contributed by atoms with E-state index in [0.717, 1.165) is 77.2 Å². The van der Waals surface area contributed by atoms with E-state index in [1.54, 1.807) is 0 Å². The molecule has 4 rings (SSSR count). The zero-order valence-electron chi connectivity index (χ0n) is 17.4. The normalized spacial score (nSPS) is 24.7. The second-order valence-corrected chi connectivity index (χ2v) is 9.06. The molecule has 3 saturated heterocycles. The maximum Gasteiger partial charge on any atom is 0.409 e. The van der Waals surface area contributed by atoms with Crippen molar-refractivity contribution in [2.45, 2.75) is 32.4 Å². The number of carbonyl (C=O) groups is 1. The van der Waals surface area contributed by atoms with Gasteiger partial charge in [-0.05, 0) is 26.3 Å². The van der Waals surface area contributed by atoms with Gasteiger partial charge in [0.1, 0.15) is 0 Å². The van der Waals surface area contributed by atoms with Crippen LogP contribution in [-0.2, 0) is 16.0 Å². The van der Waals surface area contributed by atoms with Gasteiger partial charge in [0.15, 0.2) is 5.13 Å². The van der Waals surface area contributed by atoms with Gasteiger partial charge in [0.25, 0.3) is 0 Å². The van der Waals surface area contributed by atoms with Crippen LogP contribution in [-0.4, -0.2) is 104 Å². The third-order valence-electron chi connectivity index (χ3n) is 6.04. The first kappa shape index (κ1) is 20.8. The lowest BCUT2D eigenvalue weighted by atomic mass is 10.0. The highest BCUT2D eigenvalue weighted by Gasteiger charge is 2.30. The number of piperidine rings is 1. The highest BCUT2D eigenvalue weighted by Crippen LogP contribution is 2.26. The Hall–Kier alpha value is -1.42. The molecular weight excluding hydrogens is 390 g/mol. The number of thiazole rings is 1. The molecule has 0 aliphatic carbocycles. The second kappa shape index (κ2) is 10.1. The van der Waals surface area contributed by atoms with E-state index in [-0.39, 0.29) is 6.09 Å². The number of aromatic nitrogens is 1. The zero-order chi connectivity index (χ0) is 20.1. The molecule has 0 aromatic carbocycles. The van der Waals surface area contributed by atoms with Crippen LogP contribution in [0.25, 0.3) is 0 Å². The van der Waals surface area contributed by atoms with Crippen molar-refractivity contribution >= 4 is 22.6 Å². The van der Waals surface area contributed by atoms with Gasteiger partial charge in [-0.3, -0.25) is 9.80 Å². The summed E-state index contributed by atoms with van der Waals surface area (Å²) in [6.45, 7) is 12.5. The van der Waals surface area contributed by atoms with Crippen molar-refractivity contribution in [2.75, 3.05) is 77.1 Å². The van der Waals surface area contributed by atoms with E-state index >= 15 is 0 Å². The molecule has 1 atom stereocenters. The van der Waals surface area contributed by atoms with Gasteiger partial charge in [0.05, 0.1) is 19.8 Å². The molecule has 9 heteroatoms. The maximum absolute atomic E-state index is 11.9. The number of piperazine rings is 1. The van der Waals surface area contributed by atoms with Crippen molar-refractivity contribution in [1.82, 2.24) is 19.7 Å². The number of morpholine rings is 1. The Kier molecular flexibility index (Phi) is 7.23. The minimum absolute atomic E-state index is 0.168. The van der Waals surface area contributed by atoms with Crippen molar-refractivity contribution in [3.63, 3.8) is 0 Å². The largest absolute Gasteiger partial charge is 0.450 e. The number of hydrogen-bond donors (Lipinski definition) is 0. The SMILES string of the molecule is CCOC(=O)N1CCN(C2CCCN(Cc3cnc(N4CCOCC4)s3)C2)CC1. The van der Waals surface area contributed by atoms with Crippen molar-refractivity contribution in [1.29, 1.82) is 0 Å². The van der Waals surface area contributed by atoms with Crippen LogP contribution in [0.4, 0.5) is 9.93 Å². The molecule has 3 aliphatic heterocycles. The summed E-state index contributed by atoms with van der Waals surface area (Å²) in [5, 5.41) is 1.13. The summed E-state index contributed by atoms with van der Waals surface area (Å²) in [5.74, 6) is 0. The number of ether oxygens (including phenoxy) is 2. The van der Waals surface area contributed by atoms with Crippen molar-refractivity contribution in [3.05, 3.63) is 11.1 Å². The molecule has 1 aromatic heterocycles. The highest BCUT2D eigenvalue weighted by atomic mass is 32.1. The fourth-order valence-electron chi connectivity index (χ4n) is 4.45. The monoisotopic (exact) mass is 423 g/mol. The van der Waals surface area contributed by atoms with Crippen LogP contribution in [0.3, 0.4) is 0 Å². The van der Waals surface area contributed by atoms with Gasteiger partial charge in [-0.1, -0.05) is 0 Å². The van der Waals surface area contributed by atoms with E-state index in [9.17, 15) is 4.79 Å². The molecule has 0 N–H and O–H groups in total. The van der Waals surface area contributed by atoms with E-state index in [2.05, 4.69) is 25.9 Å². The Bertz CT molecular complexity index is 658. The number of likely N-dealkylation sites (tertiary alicyclic amines) is 1. The Balaban J connectivity index is 1.26. The van der Waals surface area contributed by atoms with Crippen LogP contribution in [0, 0.1) is 0 Å². The molecule has 1 unspecified atom stereocenters. The molecular formula is C20H33N5O3S. The van der Waals surface area contributed by atoms with Gasteiger partial charge in [-0.2, -0.15) is 0 Å². The molecule has 1 amide bonds. The standard InChI is InChI=1S/C20H33N5O3S/c1-2-28-20(26)25-8-6-23(7-9-25)17-4-3-5-22(15-17)16-18-14-21-19(29-18)24-10-12-27-13-11-24/h14,17H,2-13,15-16H2,1H3. The fourth-order valence-corrected chi connectivity index (χ4v) is 5.45. The van der Waals surface area contributed by atoms with Crippen molar-refractivity contribution < 1.29 is 14.3 Å². The van der Waals surface area contributed by atoms with Gasteiger partial charge >= 0.3 is 6.09 Å². The van der Waals surface area contributed by atoms with Crippen LogP contribution in [0.5, 0.6) is 0 Å². The summed E-state index contributed by atoms with van der Waals surface area (Å²) >= 11 is 1.82. The van der Waals surface area contributed by atoms with Gasteiger partial charge < -0.3 is 19.3 Å². The summed E-state index contributed by atoms with van der Waals surface area (Å²) in [5.41, 5.74) is 0. The van der Waals surface area contributed by atoms with Crippen molar-refractivity contribution in [2.24, 2.45) is 0 Å². The average Bonchev–Trinajstić information content (AvgIpc) is 3.23. The van der Waals surface area contributed by atoms with Gasteiger partial charge in [0.2, 0.25) is 0 Å². The molecule has 3 fully saturated rings. The molecule has 162 valence electrons. The first-order valence-electron chi connectivity index (χ1n) is 10.9. The third kappa shape index (κ3) is 5.39. The molecule has 0 bridgehead atoms. The quantitative estimate of drug-likeness (QED) is 0.715. The van der Waals surface area contributed by atoms with Crippen molar-refractivity contribution in [3.8, 4) is 0 Å². The van der Waals surface area contributed by atoms with E-state index in [1.807, 2.05) is 23.2 Å². The number of hydrogen-bond acceptors (Lipinski definition) is 8. The summed E-state index contributed by atoms with van der Waals surface area (Å²) in [4.78, 5) is 27.2. The number of carbonyl (C=O) groups excluding carboxylic acids is 1. The third-order valence-corrected chi connectivity index (χ3v) is 7.08. The van der Waals surface area contributed by atoms with Crippen LogP contribution in [0.15, 0.2) is 6.20 Å². The van der Waals surface area contributed by atoms with Crippen LogP contribution in [0.2, 0.25) is 0 Å². The maximum atomic E-state index is 11.9.